The molecule has 0 saturated carbocycles. The van der Waals surface area contributed by atoms with Gasteiger partial charge in [0.1, 0.15) is 0 Å². The van der Waals surface area contributed by atoms with Crippen molar-refractivity contribution in [3.8, 4) is 11.5 Å². The third kappa shape index (κ3) is 4.37. The number of hydrogen-bond donors (Lipinski definition) is 2. The number of nitrogens with one attached hydrogen (secondary N) is 1. The monoisotopic (exact) mass is 273 g/mol. The number of benzene rings is 1. The van der Waals surface area contributed by atoms with Crippen LogP contribution in [0, 0.1) is 0 Å². The summed E-state index contributed by atoms with van der Waals surface area (Å²) in [6.07, 6.45) is -0.370. The Morgan fingerprint density at radius 3 is 2.72 bits per heavy atom. The van der Waals surface area contributed by atoms with Crippen molar-refractivity contribution >= 4 is 11.6 Å². The van der Waals surface area contributed by atoms with Crippen molar-refractivity contribution in [2.75, 3.05) is 20.3 Å². The molecule has 5 heteroatoms. The van der Waals surface area contributed by atoms with Gasteiger partial charge in [-0.2, -0.15) is 0 Å². The van der Waals surface area contributed by atoms with Gasteiger partial charge in [0.25, 0.3) is 0 Å². The SMILES string of the molecule is CCOc1c(Cl)cc(CNC[C@@H](C)O)cc1OC. The molecule has 0 amide bonds. The van der Waals surface area contributed by atoms with Crippen molar-refractivity contribution in [3.63, 3.8) is 0 Å². The second kappa shape index (κ2) is 7.46. The quantitative estimate of drug-likeness (QED) is 0.800. The molecule has 0 spiro atoms. The molecule has 0 fully saturated rings. The predicted molar refractivity (Wildman–Crippen MR) is 72.6 cm³/mol. The molecule has 0 aromatic heterocycles. The molecule has 1 aromatic rings. The number of rotatable bonds is 7. The van der Waals surface area contributed by atoms with Crippen molar-refractivity contribution in [3.05, 3.63) is 22.7 Å². The summed E-state index contributed by atoms with van der Waals surface area (Å²) in [6, 6.07) is 3.72. The van der Waals surface area contributed by atoms with Crippen LogP contribution in [0.25, 0.3) is 0 Å². The molecule has 102 valence electrons. The van der Waals surface area contributed by atoms with Crippen LogP contribution in [0.4, 0.5) is 0 Å². The van der Waals surface area contributed by atoms with Gasteiger partial charge in [-0.1, -0.05) is 11.6 Å². The summed E-state index contributed by atoms with van der Waals surface area (Å²) in [6.45, 7) is 5.32. The fourth-order valence-corrected chi connectivity index (χ4v) is 1.87. The van der Waals surface area contributed by atoms with E-state index in [9.17, 15) is 0 Å². The van der Waals surface area contributed by atoms with Crippen LogP contribution in [0.2, 0.25) is 5.02 Å². The lowest BCUT2D eigenvalue weighted by molar-refractivity contribution is 0.191. The van der Waals surface area contributed by atoms with Gasteiger partial charge in [0.05, 0.1) is 24.8 Å². The molecule has 0 aliphatic carbocycles. The Bertz CT molecular complexity index is 383. The first kappa shape index (κ1) is 15.1. The van der Waals surface area contributed by atoms with Crippen LogP contribution >= 0.6 is 11.6 Å². The molecule has 0 bridgehead atoms. The van der Waals surface area contributed by atoms with Gasteiger partial charge in [-0.05, 0) is 31.5 Å². The van der Waals surface area contributed by atoms with Gasteiger partial charge in [-0.3, -0.25) is 0 Å². The summed E-state index contributed by atoms with van der Waals surface area (Å²) in [5, 5.41) is 12.8. The van der Waals surface area contributed by atoms with Crippen molar-refractivity contribution in [1.82, 2.24) is 5.32 Å². The molecule has 0 saturated heterocycles. The molecule has 0 unspecified atom stereocenters. The molecule has 4 nitrogen and oxygen atoms in total. The summed E-state index contributed by atoms with van der Waals surface area (Å²) in [4.78, 5) is 0. The first-order chi connectivity index (χ1) is 8.58. The van der Waals surface area contributed by atoms with Gasteiger partial charge < -0.3 is 19.9 Å². The lowest BCUT2D eigenvalue weighted by Crippen LogP contribution is -2.23. The highest BCUT2D eigenvalue weighted by Gasteiger charge is 2.11. The average molecular weight is 274 g/mol. The second-order valence-corrected chi connectivity index (χ2v) is 4.43. The summed E-state index contributed by atoms with van der Waals surface area (Å²) in [5.74, 6) is 1.19. The zero-order valence-electron chi connectivity index (χ0n) is 11.0. The minimum Gasteiger partial charge on any atom is -0.493 e. The third-order valence-corrected chi connectivity index (χ3v) is 2.63. The molecule has 0 aliphatic rings. The molecule has 0 radical (unpaired) electrons. The van der Waals surface area contributed by atoms with E-state index in [4.69, 9.17) is 26.2 Å². The Kier molecular flexibility index (Phi) is 6.25. The Morgan fingerprint density at radius 1 is 1.44 bits per heavy atom. The topological polar surface area (TPSA) is 50.7 Å². The van der Waals surface area contributed by atoms with E-state index in [2.05, 4.69) is 5.32 Å². The van der Waals surface area contributed by atoms with E-state index >= 15 is 0 Å². The lowest BCUT2D eigenvalue weighted by atomic mass is 10.2. The lowest BCUT2D eigenvalue weighted by Gasteiger charge is -2.14. The van der Waals surface area contributed by atoms with Gasteiger partial charge in [0, 0.05) is 13.1 Å². The Morgan fingerprint density at radius 2 is 2.17 bits per heavy atom. The van der Waals surface area contributed by atoms with E-state index in [1.54, 1.807) is 14.0 Å². The zero-order chi connectivity index (χ0) is 13.5. The number of aliphatic hydroxyl groups excluding tert-OH is 1. The van der Waals surface area contributed by atoms with Crippen molar-refractivity contribution in [2.45, 2.75) is 26.5 Å². The Hall–Kier alpha value is -0.970. The minimum atomic E-state index is -0.370. The number of ether oxygens (including phenoxy) is 2. The van der Waals surface area contributed by atoms with E-state index in [0.717, 1.165) is 5.56 Å². The summed E-state index contributed by atoms with van der Waals surface area (Å²) in [5.41, 5.74) is 0.987. The maximum absolute atomic E-state index is 9.17. The van der Waals surface area contributed by atoms with Crippen molar-refractivity contribution in [2.24, 2.45) is 0 Å². The molecule has 2 N–H and O–H groups in total. The fraction of sp³-hybridized carbons (Fsp3) is 0.538. The molecular weight excluding hydrogens is 254 g/mol. The molecule has 18 heavy (non-hydrogen) atoms. The Labute approximate surface area is 113 Å². The first-order valence-electron chi connectivity index (χ1n) is 5.96. The first-order valence-corrected chi connectivity index (χ1v) is 6.34. The second-order valence-electron chi connectivity index (χ2n) is 4.02. The summed E-state index contributed by atoms with van der Waals surface area (Å²) in [7, 11) is 1.58. The van der Waals surface area contributed by atoms with Crippen LogP contribution in [0.5, 0.6) is 11.5 Å². The molecule has 1 atom stereocenters. The summed E-state index contributed by atoms with van der Waals surface area (Å²) >= 11 is 6.15. The smallest absolute Gasteiger partial charge is 0.179 e. The van der Waals surface area contributed by atoms with Gasteiger partial charge in [0.15, 0.2) is 11.5 Å². The Balaban J connectivity index is 2.79. The zero-order valence-corrected chi connectivity index (χ0v) is 11.8. The van der Waals surface area contributed by atoms with Gasteiger partial charge in [-0.25, -0.2) is 0 Å². The van der Waals surface area contributed by atoms with E-state index < -0.39 is 0 Å². The normalized spacial score (nSPS) is 12.3. The number of hydrogen-bond acceptors (Lipinski definition) is 4. The number of methoxy groups -OCH3 is 1. The molecule has 1 aromatic carbocycles. The fourth-order valence-electron chi connectivity index (χ4n) is 1.59. The van der Waals surface area contributed by atoms with Crippen LogP contribution in [-0.4, -0.2) is 31.5 Å². The maximum atomic E-state index is 9.17. The van der Waals surface area contributed by atoms with Crippen LogP contribution < -0.4 is 14.8 Å². The standard InChI is InChI=1S/C13H20ClNO3/c1-4-18-13-11(14)5-10(6-12(13)17-3)8-15-7-9(2)16/h5-6,9,15-16H,4,7-8H2,1-3H3/t9-/m1/s1. The minimum absolute atomic E-state index is 0.370. The number of aliphatic hydroxyl groups is 1. The van der Waals surface area contributed by atoms with Crippen LogP contribution in [0.3, 0.4) is 0 Å². The number of halogens is 1. The predicted octanol–water partition coefficient (Wildman–Crippen LogP) is 2.22. The molecular formula is C13H20ClNO3. The van der Waals surface area contributed by atoms with E-state index in [1.807, 2.05) is 19.1 Å². The third-order valence-electron chi connectivity index (χ3n) is 2.35. The van der Waals surface area contributed by atoms with E-state index in [0.29, 0.717) is 36.2 Å². The van der Waals surface area contributed by atoms with Crippen LogP contribution in [0.1, 0.15) is 19.4 Å². The largest absolute Gasteiger partial charge is 0.493 e. The van der Waals surface area contributed by atoms with Crippen molar-refractivity contribution < 1.29 is 14.6 Å². The molecule has 1 rings (SSSR count). The van der Waals surface area contributed by atoms with E-state index in [1.165, 1.54) is 0 Å². The highest BCUT2D eigenvalue weighted by Crippen LogP contribution is 2.36. The highest BCUT2D eigenvalue weighted by molar-refractivity contribution is 6.32. The van der Waals surface area contributed by atoms with Gasteiger partial charge >= 0.3 is 0 Å². The van der Waals surface area contributed by atoms with Crippen LogP contribution in [-0.2, 0) is 6.54 Å². The van der Waals surface area contributed by atoms with E-state index in [-0.39, 0.29) is 6.10 Å². The van der Waals surface area contributed by atoms with Crippen molar-refractivity contribution in [1.29, 1.82) is 0 Å². The van der Waals surface area contributed by atoms with Gasteiger partial charge in [-0.15, -0.1) is 0 Å². The highest BCUT2D eigenvalue weighted by atomic mass is 35.5. The summed E-state index contributed by atoms with van der Waals surface area (Å²) < 4.78 is 10.7. The molecule has 0 aliphatic heterocycles. The maximum Gasteiger partial charge on any atom is 0.179 e. The average Bonchev–Trinajstić information content (AvgIpc) is 2.31. The van der Waals surface area contributed by atoms with Gasteiger partial charge in [0.2, 0.25) is 0 Å². The van der Waals surface area contributed by atoms with Crippen LogP contribution in [0.15, 0.2) is 12.1 Å². The molecule has 0 heterocycles.